The molecule has 0 radical (unpaired) electrons. The van der Waals surface area contributed by atoms with Gasteiger partial charge in [-0.1, -0.05) is 18.1 Å². The highest BCUT2D eigenvalue weighted by molar-refractivity contribution is 5.74. The molecule has 0 unspecified atom stereocenters. The number of urea groups is 1. The number of rotatable bonds is 6. The molecule has 0 saturated carbocycles. The van der Waals surface area contributed by atoms with Gasteiger partial charge in [-0.15, -0.1) is 6.42 Å². The van der Waals surface area contributed by atoms with Gasteiger partial charge in [0.1, 0.15) is 12.4 Å². The third kappa shape index (κ3) is 5.47. The predicted octanol–water partition coefficient (Wildman–Crippen LogP) is 2.04. The summed E-state index contributed by atoms with van der Waals surface area (Å²) in [6.45, 7) is 4.03. The summed E-state index contributed by atoms with van der Waals surface area (Å²) in [6, 6.07) is 7.66. The summed E-state index contributed by atoms with van der Waals surface area (Å²) in [5.74, 6) is 3.36. The summed E-state index contributed by atoms with van der Waals surface area (Å²) >= 11 is 0. The van der Waals surface area contributed by atoms with Crippen molar-refractivity contribution in [3.63, 3.8) is 0 Å². The lowest BCUT2D eigenvalue weighted by molar-refractivity contribution is 0.0740. The van der Waals surface area contributed by atoms with E-state index in [1.807, 2.05) is 24.3 Å². The van der Waals surface area contributed by atoms with Gasteiger partial charge in [0.2, 0.25) is 0 Å². The van der Waals surface area contributed by atoms with Gasteiger partial charge in [-0.2, -0.15) is 0 Å². The highest BCUT2D eigenvalue weighted by Crippen LogP contribution is 2.19. The van der Waals surface area contributed by atoms with Crippen LogP contribution >= 0.6 is 0 Å². The molecule has 1 fully saturated rings. The molecule has 5 heteroatoms. The summed E-state index contributed by atoms with van der Waals surface area (Å²) in [4.78, 5) is 14.0. The Kier molecular flexibility index (Phi) is 6.95. The van der Waals surface area contributed by atoms with Crippen molar-refractivity contribution in [1.29, 1.82) is 0 Å². The maximum atomic E-state index is 12.2. The molecule has 2 atom stereocenters. The molecule has 1 saturated heterocycles. The van der Waals surface area contributed by atoms with Crippen molar-refractivity contribution in [3.8, 4) is 18.1 Å². The smallest absolute Gasteiger partial charge is 0.317 e. The fourth-order valence-corrected chi connectivity index (χ4v) is 2.89. The second-order valence-electron chi connectivity index (χ2n) is 6.21. The van der Waals surface area contributed by atoms with E-state index in [1.54, 1.807) is 11.8 Å². The van der Waals surface area contributed by atoms with Crippen LogP contribution in [0.2, 0.25) is 0 Å². The molecule has 24 heavy (non-hydrogen) atoms. The van der Waals surface area contributed by atoms with Crippen molar-refractivity contribution in [1.82, 2.24) is 10.2 Å². The summed E-state index contributed by atoms with van der Waals surface area (Å²) in [5.41, 5.74) is 1.13. The molecule has 1 aromatic rings. The largest absolute Gasteiger partial charge is 0.481 e. The molecule has 5 nitrogen and oxygen atoms in total. The number of nitrogens with one attached hydrogen (secondary N) is 1. The molecule has 2 N–H and O–H groups in total. The first kappa shape index (κ1) is 18.2. The molecule has 2 amide bonds. The Morgan fingerprint density at radius 3 is 2.92 bits per heavy atom. The number of amides is 2. The number of carbonyl (C=O) groups excluding carboxylic acids is 1. The second-order valence-corrected chi connectivity index (χ2v) is 6.21. The number of terminal acetylenes is 1. The monoisotopic (exact) mass is 330 g/mol. The number of hydrogen-bond donors (Lipinski definition) is 2. The Balaban J connectivity index is 1.73. The minimum Gasteiger partial charge on any atom is -0.481 e. The highest BCUT2D eigenvalue weighted by atomic mass is 16.5. The van der Waals surface area contributed by atoms with E-state index in [1.165, 1.54) is 0 Å². The van der Waals surface area contributed by atoms with Gasteiger partial charge < -0.3 is 20.1 Å². The molecule has 1 aliphatic rings. The number of aliphatic hydroxyl groups is 1. The van der Waals surface area contributed by atoms with Gasteiger partial charge in [-0.05, 0) is 43.9 Å². The SMILES string of the molecule is C#CCOc1ccc(CCNC(=O)N2CCC[C@@H]([C@H](C)O)C2)cc1. The quantitative estimate of drug-likeness (QED) is 0.785. The van der Waals surface area contributed by atoms with Gasteiger partial charge in [-0.3, -0.25) is 0 Å². The third-order valence-electron chi connectivity index (χ3n) is 4.36. The molecule has 1 aliphatic heterocycles. The van der Waals surface area contributed by atoms with E-state index in [9.17, 15) is 9.90 Å². The van der Waals surface area contributed by atoms with Crippen LogP contribution in [0.4, 0.5) is 4.79 Å². The van der Waals surface area contributed by atoms with Crippen LogP contribution in [0.1, 0.15) is 25.3 Å². The predicted molar refractivity (Wildman–Crippen MR) is 93.9 cm³/mol. The zero-order valence-electron chi connectivity index (χ0n) is 14.2. The van der Waals surface area contributed by atoms with Crippen LogP contribution in [0.5, 0.6) is 5.75 Å². The van der Waals surface area contributed by atoms with Crippen LogP contribution in [-0.2, 0) is 6.42 Å². The topological polar surface area (TPSA) is 61.8 Å². The minimum absolute atomic E-state index is 0.0469. The molecule has 130 valence electrons. The Bertz CT molecular complexity index is 563. The molecule has 2 rings (SSSR count). The van der Waals surface area contributed by atoms with Crippen molar-refractivity contribution in [2.45, 2.75) is 32.3 Å². The Labute approximate surface area is 144 Å². The lowest BCUT2D eigenvalue weighted by Gasteiger charge is -2.34. The van der Waals surface area contributed by atoms with Crippen LogP contribution in [0.15, 0.2) is 24.3 Å². The van der Waals surface area contributed by atoms with E-state index in [2.05, 4.69) is 11.2 Å². The highest BCUT2D eigenvalue weighted by Gasteiger charge is 2.26. The number of nitrogens with zero attached hydrogens (tertiary/aromatic N) is 1. The third-order valence-corrected chi connectivity index (χ3v) is 4.36. The Hall–Kier alpha value is -2.19. The average molecular weight is 330 g/mol. The number of benzene rings is 1. The normalized spacial score (nSPS) is 18.5. The molecule has 0 aliphatic carbocycles. The van der Waals surface area contributed by atoms with Crippen molar-refractivity contribution < 1.29 is 14.6 Å². The van der Waals surface area contributed by atoms with Gasteiger partial charge in [-0.25, -0.2) is 4.79 Å². The van der Waals surface area contributed by atoms with Gasteiger partial charge in [0.25, 0.3) is 0 Å². The fourth-order valence-electron chi connectivity index (χ4n) is 2.89. The summed E-state index contributed by atoms with van der Waals surface area (Å²) in [6.07, 6.45) is 7.48. The maximum Gasteiger partial charge on any atom is 0.317 e. The molecule has 1 heterocycles. The van der Waals surface area contributed by atoms with Crippen molar-refractivity contribution in [2.75, 3.05) is 26.2 Å². The van der Waals surface area contributed by atoms with Crippen molar-refractivity contribution in [2.24, 2.45) is 5.92 Å². The number of hydrogen-bond acceptors (Lipinski definition) is 3. The van der Waals surface area contributed by atoms with Crippen LogP contribution in [-0.4, -0.2) is 48.4 Å². The van der Waals surface area contributed by atoms with Gasteiger partial charge in [0, 0.05) is 25.6 Å². The summed E-state index contributed by atoms with van der Waals surface area (Å²) in [5, 5.41) is 12.7. The molecular formula is C19H26N2O3. The first-order valence-electron chi connectivity index (χ1n) is 8.46. The van der Waals surface area contributed by atoms with Crippen LogP contribution in [0, 0.1) is 18.3 Å². The van der Waals surface area contributed by atoms with Gasteiger partial charge in [0.15, 0.2) is 0 Å². The van der Waals surface area contributed by atoms with Gasteiger partial charge in [0.05, 0.1) is 6.10 Å². The number of likely N-dealkylation sites (tertiary alicyclic amines) is 1. The van der Waals surface area contributed by atoms with Crippen LogP contribution < -0.4 is 10.1 Å². The van der Waals surface area contributed by atoms with E-state index in [4.69, 9.17) is 11.2 Å². The van der Waals surface area contributed by atoms with Crippen molar-refractivity contribution in [3.05, 3.63) is 29.8 Å². The van der Waals surface area contributed by atoms with E-state index >= 15 is 0 Å². The van der Waals surface area contributed by atoms with E-state index < -0.39 is 0 Å². The average Bonchev–Trinajstić information content (AvgIpc) is 2.61. The minimum atomic E-state index is -0.365. The first-order valence-corrected chi connectivity index (χ1v) is 8.46. The molecule has 1 aromatic carbocycles. The number of carbonyl (C=O) groups is 1. The molecular weight excluding hydrogens is 304 g/mol. The fraction of sp³-hybridized carbons (Fsp3) is 0.526. The maximum absolute atomic E-state index is 12.2. The standard InChI is InChI=1S/C19H26N2O3/c1-3-13-24-18-8-6-16(7-9-18)10-11-20-19(23)21-12-4-5-17(14-21)15(2)22/h1,6-9,15,17,22H,4-5,10-14H2,2H3,(H,20,23)/t15-,17+/m0/s1. The number of aliphatic hydroxyl groups excluding tert-OH is 1. The molecule has 0 aromatic heterocycles. The summed E-state index contributed by atoms with van der Waals surface area (Å²) in [7, 11) is 0. The number of ether oxygens (including phenoxy) is 1. The molecule has 0 spiro atoms. The lowest BCUT2D eigenvalue weighted by atomic mass is 9.94. The van der Waals surface area contributed by atoms with Gasteiger partial charge >= 0.3 is 6.03 Å². The van der Waals surface area contributed by atoms with Crippen LogP contribution in [0.25, 0.3) is 0 Å². The van der Waals surface area contributed by atoms with E-state index in [-0.39, 0.29) is 24.7 Å². The first-order chi connectivity index (χ1) is 11.6. The zero-order chi connectivity index (χ0) is 17.4. The number of piperidine rings is 1. The Morgan fingerprint density at radius 2 is 2.25 bits per heavy atom. The molecule has 0 bridgehead atoms. The Morgan fingerprint density at radius 1 is 1.50 bits per heavy atom. The van der Waals surface area contributed by atoms with Crippen LogP contribution in [0.3, 0.4) is 0 Å². The lowest BCUT2D eigenvalue weighted by Crippen LogP contribution is -2.47. The van der Waals surface area contributed by atoms with E-state index in [0.29, 0.717) is 13.1 Å². The van der Waals surface area contributed by atoms with Crippen molar-refractivity contribution >= 4 is 6.03 Å². The zero-order valence-corrected chi connectivity index (χ0v) is 14.2. The van der Waals surface area contributed by atoms with E-state index in [0.717, 1.165) is 37.1 Å². The second kappa shape index (κ2) is 9.19. The summed E-state index contributed by atoms with van der Waals surface area (Å²) < 4.78 is 5.33.